The number of rotatable bonds is 1. The van der Waals surface area contributed by atoms with Crippen LogP contribution in [-0.2, 0) is 0 Å². The molecule has 1 heterocycles. The molecule has 1 saturated carbocycles. The van der Waals surface area contributed by atoms with Gasteiger partial charge in [0.15, 0.2) is 0 Å². The van der Waals surface area contributed by atoms with Gasteiger partial charge < -0.3 is 5.11 Å². The molecule has 0 spiro atoms. The minimum absolute atomic E-state index is 0.181. The Hall–Kier alpha value is -0.350. The van der Waals surface area contributed by atoms with Crippen LogP contribution in [0.2, 0.25) is 0 Å². The third-order valence-electron chi connectivity index (χ3n) is 2.60. The third-order valence-corrected chi connectivity index (χ3v) is 3.01. The second-order valence-electron chi connectivity index (χ2n) is 3.56. The molecular formula is C9H13BrN2O. The fourth-order valence-corrected chi connectivity index (χ4v) is 2.20. The van der Waals surface area contributed by atoms with Crippen LogP contribution in [0.5, 0.6) is 0 Å². The van der Waals surface area contributed by atoms with Crippen molar-refractivity contribution < 1.29 is 5.11 Å². The van der Waals surface area contributed by atoms with Gasteiger partial charge in [0.1, 0.15) is 0 Å². The molecule has 0 aliphatic heterocycles. The molecule has 72 valence electrons. The van der Waals surface area contributed by atoms with Crippen molar-refractivity contribution in [2.75, 3.05) is 0 Å². The zero-order valence-corrected chi connectivity index (χ0v) is 8.94. The van der Waals surface area contributed by atoms with Crippen LogP contribution in [0.4, 0.5) is 0 Å². The van der Waals surface area contributed by atoms with Gasteiger partial charge in [-0.25, -0.2) is 0 Å². The predicted molar refractivity (Wildman–Crippen MR) is 53.4 cm³/mol. The van der Waals surface area contributed by atoms with Gasteiger partial charge in [0.05, 0.1) is 22.8 Å². The van der Waals surface area contributed by atoms with Crippen molar-refractivity contribution in [2.24, 2.45) is 0 Å². The quantitative estimate of drug-likeness (QED) is 0.822. The van der Waals surface area contributed by atoms with Crippen molar-refractivity contribution in [2.45, 2.75) is 37.8 Å². The Bertz CT molecular complexity index is 287. The molecule has 0 bridgehead atoms. The smallest absolute Gasteiger partial charge is 0.0778 e. The van der Waals surface area contributed by atoms with E-state index in [0.717, 1.165) is 23.7 Å². The van der Waals surface area contributed by atoms with Gasteiger partial charge in [0.2, 0.25) is 0 Å². The van der Waals surface area contributed by atoms with Crippen LogP contribution < -0.4 is 0 Å². The number of nitrogens with zero attached hydrogens (tertiary/aromatic N) is 2. The Morgan fingerprint density at radius 1 is 1.46 bits per heavy atom. The van der Waals surface area contributed by atoms with Gasteiger partial charge in [-0.2, -0.15) is 5.10 Å². The maximum atomic E-state index is 9.76. The number of halogens is 1. The van der Waals surface area contributed by atoms with Gasteiger partial charge in [-0.05, 0) is 28.8 Å². The van der Waals surface area contributed by atoms with Gasteiger partial charge in [0, 0.05) is 6.20 Å². The van der Waals surface area contributed by atoms with Crippen molar-refractivity contribution in [3.05, 3.63) is 16.9 Å². The highest BCUT2D eigenvalue weighted by Gasteiger charge is 2.24. The molecule has 13 heavy (non-hydrogen) atoms. The first kappa shape index (κ1) is 9.21. The topological polar surface area (TPSA) is 38.0 Å². The molecule has 1 N–H and O–H groups in total. The first-order valence-corrected chi connectivity index (χ1v) is 5.44. The van der Waals surface area contributed by atoms with E-state index in [-0.39, 0.29) is 12.1 Å². The minimum atomic E-state index is -0.222. The zero-order valence-electron chi connectivity index (χ0n) is 7.36. The largest absolute Gasteiger partial charge is 0.391 e. The minimum Gasteiger partial charge on any atom is -0.391 e. The van der Waals surface area contributed by atoms with Crippen molar-refractivity contribution in [1.82, 2.24) is 9.78 Å². The summed E-state index contributed by atoms with van der Waals surface area (Å²) < 4.78 is 2.85. The van der Waals surface area contributed by atoms with Gasteiger partial charge in [-0.1, -0.05) is 12.8 Å². The van der Waals surface area contributed by atoms with Crippen LogP contribution in [0.15, 0.2) is 16.9 Å². The third kappa shape index (κ3) is 1.94. The van der Waals surface area contributed by atoms with Gasteiger partial charge >= 0.3 is 0 Å². The van der Waals surface area contributed by atoms with E-state index in [9.17, 15) is 5.11 Å². The number of aromatic nitrogens is 2. The highest BCUT2D eigenvalue weighted by atomic mass is 79.9. The lowest BCUT2D eigenvalue weighted by Gasteiger charge is -2.27. The molecule has 0 saturated heterocycles. The Balaban J connectivity index is 2.14. The second-order valence-corrected chi connectivity index (χ2v) is 4.47. The molecule has 0 unspecified atom stereocenters. The normalized spacial score (nSPS) is 29.1. The van der Waals surface area contributed by atoms with Crippen molar-refractivity contribution >= 4 is 15.9 Å². The summed E-state index contributed by atoms with van der Waals surface area (Å²) in [4.78, 5) is 0. The average Bonchev–Trinajstić information content (AvgIpc) is 2.53. The van der Waals surface area contributed by atoms with E-state index in [1.807, 2.05) is 10.9 Å². The van der Waals surface area contributed by atoms with E-state index >= 15 is 0 Å². The lowest BCUT2D eigenvalue weighted by atomic mass is 9.93. The first-order valence-electron chi connectivity index (χ1n) is 4.65. The maximum absolute atomic E-state index is 9.76. The fraction of sp³-hybridized carbons (Fsp3) is 0.667. The van der Waals surface area contributed by atoms with E-state index in [2.05, 4.69) is 21.0 Å². The number of aliphatic hydroxyl groups is 1. The van der Waals surface area contributed by atoms with Crippen LogP contribution in [-0.4, -0.2) is 21.0 Å². The predicted octanol–water partition coefficient (Wildman–Crippen LogP) is 2.12. The average molecular weight is 245 g/mol. The molecule has 2 rings (SSSR count). The molecule has 0 radical (unpaired) electrons. The van der Waals surface area contributed by atoms with Crippen LogP contribution in [0.3, 0.4) is 0 Å². The Morgan fingerprint density at radius 2 is 2.23 bits per heavy atom. The van der Waals surface area contributed by atoms with Crippen LogP contribution >= 0.6 is 15.9 Å². The van der Waals surface area contributed by atoms with Crippen molar-refractivity contribution in [3.8, 4) is 0 Å². The number of aliphatic hydroxyl groups excluding tert-OH is 1. The van der Waals surface area contributed by atoms with Crippen LogP contribution in [0.25, 0.3) is 0 Å². The first-order chi connectivity index (χ1) is 6.27. The summed E-state index contributed by atoms with van der Waals surface area (Å²) in [6.45, 7) is 0. The van der Waals surface area contributed by atoms with Crippen molar-refractivity contribution in [1.29, 1.82) is 0 Å². The molecule has 1 aliphatic rings. The summed E-state index contributed by atoms with van der Waals surface area (Å²) in [5.41, 5.74) is 0. The lowest BCUT2D eigenvalue weighted by molar-refractivity contribution is 0.0694. The van der Waals surface area contributed by atoms with E-state index in [1.54, 1.807) is 6.20 Å². The number of hydrogen-bond donors (Lipinski definition) is 1. The molecule has 3 nitrogen and oxygen atoms in total. The molecule has 4 heteroatoms. The summed E-state index contributed by atoms with van der Waals surface area (Å²) in [7, 11) is 0. The SMILES string of the molecule is O[C@@H]1CCCC[C@H]1n1cc(Br)cn1. The molecule has 2 atom stereocenters. The molecular weight excluding hydrogens is 232 g/mol. The van der Waals surface area contributed by atoms with Gasteiger partial charge in [-0.3, -0.25) is 4.68 Å². The monoisotopic (exact) mass is 244 g/mol. The maximum Gasteiger partial charge on any atom is 0.0778 e. The highest BCUT2D eigenvalue weighted by Crippen LogP contribution is 2.28. The second kappa shape index (κ2) is 3.80. The van der Waals surface area contributed by atoms with E-state index in [4.69, 9.17) is 0 Å². The summed E-state index contributed by atoms with van der Waals surface area (Å²) >= 11 is 3.35. The fourth-order valence-electron chi connectivity index (χ4n) is 1.90. The highest BCUT2D eigenvalue weighted by molar-refractivity contribution is 9.10. The zero-order chi connectivity index (χ0) is 9.26. The number of hydrogen-bond acceptors (Lipinski definition) is 2. The van der Waals surface area contributed by atoms with Gasteiger partial charge in [0.25, 0.3) is 0 Å². The Morgan fingerprint density at radius 3 is 2.85 bits per heavy atom. The van der Waals surface area contributed by atoms with E-state index < -0.39 is 0 Å². The molecule has 1 fully saturated rings. The molecule has 1 aromatic rings. The summed E-state index contributed by atoms with van der Waals surface area (Å²) in [6, 6.07) is 0.181. The molecule has 0 amide bonds. The Kier molecular flexibility index (Phi) is 2.69. The van der Waals surface area contributed by atoms with Gasteiger partial charge in [-0.15, -0.1) is 0 Å². The molecule has 0 aromatic carbocycles. The van der Waals surface area contributed by atoms with Crippen LogP contribution in [0.1, 0.15) is 31.7 Å². The van der Waals surface area contributed by atoms with Crippen LogP contribution in [0, 0.1) is 0 Å². The Labute approximate surface area is 85.9 Å². The molecule has 1 aromatic heterocycles. The summed E-state index contributed by atoms with van der Waals surface area (Å²) in [5.74, 6) is 0. The van der Waals surface area contributed by atoms with Crippen molar-refractivity contribution in [3.63, 3.8) is 0 Å². The summed E-state index contributed by atoms with van der Waals surface area (Å²) in [6.07, 6.45) is 7.75. The lowest BCUT2D eigenvalue weighted by Crippen LogP contribution is -2.27. The van der Waals surface area contributed by atoms with E-state index in [1.165, 1.54) is 6.42 Å². The molecule has 1 aliphatic carbocycles. The summed E-state index contributed by atoms with van der Waals surface area (Å²) in [5, 5.41) is 14.0. The van der Waals surface area contributed by atoms with E-state index in [0.29, 0.717) is 0 Å². The standard InChI is InChI=1S/C9H13BrN2O/c10-7-5-11-12(6-7)8-3-1-2-4-9(8)13/h5-6,8-9,13H,1-4H2/t8-,9-/m1/s1.